The molecule has 0 saturated heterocycles. The van der Waals surface area contributed by atoms with E-state index < -0.39 is 6.10 Å². The molecular formula is C13H26O2S. The third-order valence-corrected chi connectivity index (χ3v) is 4.98. The second-order valence-electron chi connectivity index (χ2n) is 4.36. The summed E-state index contributed by atoms with van der Waals surface area (Å²) in [6.45, 7) is 8.43. The summed E-state index contributed by atoms with van der Waals surface area (Å²) in [7, 11) is 0. The van der Waals surface area contributed by atoms with Crippen LogP contribution in [0, 0.1) is 0 Å². The van der Waals surface area contributed by atoms with E-state index in [0.717, 1.165) is 32.1 Å². The van der Waals surface area contributed by atoms with Crippen LogP contribution in [0.2, 0.25) is 0 Å². The molecule has 1 atom stereocenters. The van der Waals surface area contributed by atoms with Gasteiger partial charge in [0.2, 0.25) is 0 Å². The first-order chi connectivity index (χ1) is 7.53. The number of rotatable bonds is 8. The molecule has 0 saturated carbocycles. The van der Waals surface area contributed by atoms with Gasteiger partial charge in [-0.3, -0.25) is 4.79 Å². The lowest BCUT2D eigenvalue weighted by molar-refractivity contribution is -0.112. The first kappa shape index (κ1) is 16.0. The maximum absolute atomic E-state index is 11.8. The van der Waals surface area contributed by atoms with Gasteiger partial charge in [-0.25, -0.2) is 0 Å². The predicted octanol–water partition coefficient (Wildman–Crippen LogP) is 3.77. The zero-order valence-corrected chi connectivity index (χ0v) is 11.9. The highest BCUT2D eigenvalue weighted by atomic mass is 32.2. The molecule has 1 N–H and O–H groups in total. The van der Waals surface area contributed by atoms with Gasteiger partial charge in [-0.15, -0.1) is 0 Å². The molecule has 0 radical (unpaired) electrons. The Kier molecular flexibility index (Phi) is 8.12. The monoisotopic (exact) mass is 246 g/mol. The van der Waals surface area contributed by atoms with Crippen molar-refractivity contribution in [1.29, 1.82) is 0 Å². The highest BCUT2D eigenvalue weighted by molar-refractivity contribution is 8.14. The SMILES string of the molecule is CCC[C@H](O)CC(=O)SC(CC)(CC)CC. The molecule has 0 spiro atoms. The number of carbonyl (C=O) groups is 1. The van der Waals surface area contributed by atoms with Crippen molar-refractivity contribution in [3.63, 3.8) is 0 Å². The van der Waals surface area contributed by atoms with Crippen molar-refractivity contribution in [1.82, 2.24) is 0 Å². The summed E-state index contributed by atoms with van der Waals surface area (Å²) in [5.41, 5.74) is 0. The highest BCUT2D eigenvalue weighted by Crippen LogP contribution is 2.37. The van der Waals surface area contributed by atoms with E-state index in [-0.39, 0.29) is 9.86 Å². The third kappa shape index (κ3) is 5.35. The molecule has 0 bridgehead atoms. The first-order valence-corrected chi connectivity index (χ1v) is 7.25. The van der Waals surface area contributed by atoms with Gasteiger partial charge in [-0.1, -0.05) is 45.9 Å². The standard InChI is InChI=1S/C13H26O2S/c1-5-9-11(14)10-12(15)16-13(6-2,7-3)8-4/h11,14H,5-10H2,1-4H3/t11-/m0/s1. The summed E-state index contributed by atoms with van der Waals surface area (Å²) in [5, 5.41) is 9.75. The van der Waals surface area contributed by atoms with Crippen LogP contribution in [-0.2, 0) is 4.79 Å². The second-order valence-corrected chi connectivity index (χ2v) is 5.89. The molecule has 16 heavy (non-hydrogen) atoms. The fourth-order valence-electron chi connectivity index (χ4n) is 1.88. The molecule has 0 unspecified atom stereocenters. The van der Waals surface area contributed by atoms with Crippen LogP contribution in [-0.4, -0.2) is 21.1 Å². The van der Waals surface area contributed by atoms with E-state index in [1.807, 2.05) is 6.92 Å². The fourth-order valence-corrected chi connectivity index (χ4v) is 3.07. The summed E-state index contributed by atoms with van der Waals surface area (Å²) < 4.78 is 0.0863. The Bertz CT molecular complexity index is 192. The molecular weight excluding hydrogens is 220 g/mol. The van der Waals surface area contributed by atoms with Crippen LogP contribution in [0.5, 0.6) is 0 Å². The van der Waals surface area contributed by atoms with Gasteiger partial charge in [0, 0.05) is 11.2 Å². The van der Waals surface area contributed by atoms with E-state index in [1.54, 1.807) is 0 Å². The van der Waals surface area contributed by atoms with Crippen molar-refractivity contribution in [2.75, 3.05) is 0 Å². The Labute approximate surface area is 104 Å². The zero-order chi connectivity index (χ0) is 12.6. The molecule has 0 heterocycles. The molecule has 2 nitrogen and oxygen atoms in total. The highest BCUT2D eigenvalue weighted by Gasteiger charge is 2.28. The number of thioether (sulfide) groups is 1. The molecule has 0 aromatic rings. The maximum atomic E-state index is 11.8. The minimum absolute atomic E-state index is 0.0863. The summed E-state index contributed by atoms with van der Waals surface area (Å²) in [5.74, 6) is 0. The molecule has 0 amide bonds. The van der Waals surface area contributed by atoms with Crippen molar-refractivity contribution in [2.45, 2.75) is 77.1 Å². The van der Waals surface area contributed by atoms with Crippen LogP contribution >= 0.6 is 11.8 Å². The average molecular weight is 246 g/mol. The minimum Gasteiger partial charge on any atom is -0.393 e. The van der Waals surface area contributed by atoms with E-state index in [2.05, 4.69) is 20.8 Å². The summed E-state index contributed by atoms with van der Waals surface area (Å²) in [6, 6.07) is 0. The molecule has 96 valence electrons. The van der Waals surface area contributed by atoms with Crippen LogP contribution < -0.4 is 0 Å². The number of hydrogen-bond acceptors (Lipinski definition) is 3. The van der Waals surface area contributed by atoms with Gasteiger partial charge < -0.3 is 5.11 Å². The lowest BCUT2D eigenvalue weighted by atomic mass is 9.99. The molecule has 0 fully saturated rings. The van der Waals surface area contributed by atoms with E-state index in [4.69, 9.17) is 0 Å². The number of hydrogen-bond donors (Lipinski definition) is 1. The minimum atomic E-state index is -0.451. The van der Waals surface area contributed by atoms with Gasteiger partial charge in [0.15, 0.2) is 5.12 Å². The van der Waals surface area contributed by atoms with Gasteiger partial charge in [-0.05, 0) is 25.7 Å². The van der Waals surface area contributed by atoms with Crippen LogP contribution in [0.4, 0.5) is 0 Å². The largest absolute Gasteiger partial charge is 0.393 e. The van der Waals surface area contributed by atoms with Crippen molar-refractivity contribution in [3.8, 4) is 0 Å². The Morgan fingerprint density at radius 1 is 1.19 bits per heavy atom. The molecule has 0 rings (SSSR count). The van der Waals surface area contributed by atoms with E-state index >= 15 is 0 Å². The Morgan fingerprint density at radius 2 is 1.69 bits per heavy atom. The lowest BCUT2D eigenvalue weighted by Gasteiger charge is -2.28. The first-order valence-electron chi connectivity index (χ1n) is 6.43. The molecule has 0 aliphatic carbocycles. The number of aliphatic hydroxyl groups excluding tert-OH is 1. The molecule has 0 aromatic carbocycles. The zero-order valence-electron chi connectivity index (χ0n) is 11.1. The van der Waals surface area contributed by atoms with Crippen molar-refractivity contribution < 1.29 is 9.90 Å². The van der Waals surface area contributed by atoms with Crippen LogP contribution in [0.1, 0.15) is 66.2 Å². The Morgan fingerprint density at radius 3 is 2.06 bits per heavy atom. The number of carbonyl (C=O) groups excluding carboxylic acids is 1. The van der Waals surface area contributed by atoms with Gasteiger partial charge in [0.05, 0.1) is 6.10 Å². The quantitative estimate of drug-likeness (QED) is 0.708. The Balaban J connectivity index is 4.20. The molecule has 3 heteroatoms. The third-order valence-electron chi connectivity index (χ3n) is 3.29. The topological polar surface area (TPSA) is 37.3 Å². The molecule has 0 aromatic heterocycles. The number of aliphatic hydroxyl groups is 1. The smallest absolute Gasteiger partial charge is 0.192 e. The summed E-state index contributed by atoms with van der Waals surface area (Å²) in [6.07, 6.45) is 4.55. The van der Waals surface area contributed by atoms with Crippen molar-refractivity contribution in [2.24, 2.45) is 0 Å². The van der Waals surface area contributed by atoms with Gasteiger partial charge in [-0.2, -0.15) is 0 Å². The predicted molar refractivity (Wildman–Crippen MR) is 71.7 cm³/mol. The van der Waals surface area contributed by atoms with E-state index in [0.29, 0.717) is 6.42 Å². The van der Waals surface area contributed by atoms with Crippen molar-refractivity contribution in [3.05, 3.63) is 0 Å². The van der Waals surface area contributed by atoms with Gasteiger partial charge in [0.1, 0.15) is 0 Å². The summed E-state index contributed by atoms with van der Waals surface area (Å²) >= 11 is 1.45. The fraction of sp³-hybridized carbons (Fsp3) is 0.923. The average Bonchev–Trinajstić information content (AvgIpc) is 2.26. The van der Waals surface area contributed by atoms with Gasteiger partial charge >= 0.3 is 0 Å². The van der Waals surface area contributed by atoms with Crippen molar-refractivity contribution >= 4 is 16.9 Å². The lowest BCUT2D eigenvalue weighted by Crippen LogP contribution is -2.25. The van der Waals surface area contributed by atoms with E-state index in [1.165, 1.54) is 11.8 Å². The van der Waals surface area contributed by atoms with Crippen LogP contribution in [0.15, 0.2) is 0 Å². The van der Waals surface area contributed by atoms with Crippen LogP contribution in [0.25, 0.3) is 0 Å². The maximum Gasteiger partial charge on any atom is 0.192 e. The normalized spacial score (nSPS) is 13.8. The van der Waals surface area contributed by atoms with Gasteiger partial charge in [0.25, 0.3) is 0 Å². The van der Waals surface area contributed by atoms with Crippen LogP contribution in [0.3, 0.4) is 0 Å². The summed E-state index contributed by atoms with van der Waals surface area (Å²) in [4.78, 5) is 11.8. The molecule has 0 aliphatic heterocycles. The second kappa shape index (κ2) is 8.13. The Hall–Kier alpha value is -0.0200. The van der Waals surface area contributed by atoms with E-state index in [9.17, 15) is 9.90 Å². The molecule has 0 aliphatic rings.